The van der Waals surface area contributed by atoms with Crippen LogP contribution in [0, 0.1) is 0 Å². The number of thioether (sulfide) groups is 1. The average molecular weight is 434 g/mol. The number of nitrogens with one attached hydrogen (secondary N) is 1. The van der Waals surface area contributed by atoms with Crippen LogP contribution >= 0.6 is 11.8 Å². The molecule has 1 atom stereocenters. The molecule has 2 aromatic carbocycles. The van der Waals surface area contributed by atoms with E-state index in [4.69, 9.17) is 4.74 Å². The van der Waals surface area contributed by atoms with Crippen LogP contribution in [0.1, 0.15) is 17.3 Å². The van der Waals surface area contributed by atoms with Gasteiger partial charge in [-0.25, -0.2) is 0 Å². The van der Waals surface area contributed by atoms with Gasteiger partial charge in [-0.1, -0.05) is 48.2 Å². The first kappa shape index (κ1) is 19.8. The van der Waals surface area contributed by atoms with Crippen molar-refractivity contribution in [3.8, 4) is 5.69 Å². The summed E-state index contributed by atoms with van der Waals surface area (Å²) in [5.74, 6) is 0.849. The number of nitrogens with zero attached hydrogens (tertiary/aromatic N) is 4. The summed E-state index contributed by atoms with van der Waals surface area (Å²) in [5, 5.41) is 10.3. The van der Waals surface area contributed by atoms with E-state index >= 15 is 0 Å². The summed E-state index contributed by atoms with van der Waals surface area (Å²) in [4.78, 5) is 18.6. The highest BCUT2D eigenvalue weighted by molar-refractivity contribution is 8.00. The third-order valence-electron chi connectivity index (χ3n) is 5.43. The highest BCUT2D eigenvalue weighted by Crippen LogP contribution is 2.32. The number of carbonyl (C=O) groups excluding carboxylic acids is 1. The number of hydrogen-bond acceptors (Lipinski definition) is 6. The highest BCUT2D eigenvalue weighted by atomic mass is 32.2. The van der Waals surface area contributed by atoms with Crippen molar-refractivity contribution in [2.24, 2.45) is 0 Å². The number of ketones is 1. The quantitative estimate of drug-likeness (QED) is 0.367. The summed E-state index contributed by atoms with van der Waals surface area (Å²) >= 11 is 1.43. The molecule has 1 saturated heterocycles. The Labute approximate surface area is 184 Å². The monoisotopic (exact) mass is 433 g/mol. The Bertz CT molecular complexity index is 1200. The molecule has 0 radical (unpaired) electrons. The molecule has 2 aromatic heterocycles. The second-order valence-corrected chi connectivity index (χ2v) is 8.73. The van der Waals surface area contributed by atoms with Crippen molar-refractivity contribution in [1.29, 1.82) is 0 Å². The van der Waals surface area contributed by atoms with E-state index in [0.717, 1.165) is 35.6 Å². The lowest BCUT2D eigenvalue weighted by atomic mass is 10.1. The summed E-state index contributed by atoms with van der Waals surface area (Å²) in [7, 11) is 0. The third-order valence-corrected chi connectivity index (χ3v) is 6.47. The van der Waals surface area contributed by atoms with Crippen LogP contribution < -0.4 is 4.90 Å². The fraction of sp³-hybridized carbons (Fsp3) is 0.261. The third kappa shape index (κ3) is 3.84. The molecule has 0 bridgehead atoms. The number of morpholine rings is 1. The van der Waals surface area contributed by atoms with E-state index in [-0.39, 0.29) is 11.0 Å². The number of anilines is 1. The number of ether oxygens (including phenoxy) is 1. The smallest absolute Gasteiger partial charge is 0.232 e. The lowest BCUT2D eigenvalue weighted by molar-refractivity contribution is 0.0995. The van der Waals surface area contributed by atoms with Gasteiger partial charge in [0.25, 0.3) is 0 Å². The molecule has 31 heavy (non-hydrogen) atoms. The van der Waals surface area contributed by atoms with Crippen molar-refractivity contribution in [3.63, 3.8) is 0 Å². The van der Waals surface area contributed by atoms with Gasteiger partial charge in [-0.2, -0.15) is 0 Å². The van der Waals surface area contributed by atoms with Crippen molar-refractivity contribution in [2.45, 2.75) is 17.3 Å². The van der Waals surface area contributed by atoms with Crippen LogP contribution in [0.25, 0.3) is 16.6 Å². The van der Waals surface area contributed by atoms with E-state index in [2.05, 4.69) is 20.1 Å². The average Bonchev–Trinajstić information content (AvgIpc) is 3.44. The maximum absolute atomic E-state index is 13.3. The minimum atomic E-state index is -0.316. The second-order valence-electron chi connectivity index (χ2n) is 7.43. The summed E-state index contributed by atoms with van der Waals surface area (Å²) in [5.41, 5.74) is 2.64. The Morgan fingerprint density at radius 1 is 1.06 bits per heavy atom. The molecular formula is C23H23N5O2S. The Morgan fingerprint density at radius 2 is 1.81 bits per heavy atom. The topological polar surface area (TPSA) is 76.0 Å². The number of para-hydroxylation sites is 2. The van der Waals surface area contributed by atoms with Gasteiger partial charge in [-0.05, 0) is 25.1 Å². The number of benzene rings is 2. The van der Waals surface area contributed by atoms with Gasteiger partial charge in [0.15, 0.2) is 10.9 Å². The van der Waals surface area contributed by atoms with Gasteiger partial charge in [-0.15, -0.1) is 10.2 Å². The molecule has 1 aliphatic rings. The fourth-order valence-corrected chi connectivity index (χ4v) is 4.75. The Morgan fingerprint density at radius 3 is 2.61 bits per heavy atom. The van der Waals surface area contributed by atoms with Crippen molar-refractivity contribution < 1.29 is 9.53 Å². The van der Waals surface area contributed by atoms with Crippen LogP contribution in [0.4, 0.5) is 5.95 Å². The molecule has 1 aliphatic heterocycles. The standard InChI is InChI=1S/C23H23N5O2S/c1-16(21(29)19-15-24-20-10-6-5-9-18(19)20)31-23-26-25-22(27-11-13-30-14-12-27)28(23)17-7-3-2-4-8-17/h2-10,15-16,24H,11-14H2,1H3. The molecule has 0 spiro atoms. The van der Waals surface area contributed by atoms with Crippen molar-refractivity contribution in [3.05, 3.63) is 66.4 Å². The maximum atomic E-state index is 13.3. The summed E-state index contributed by atoms with van der Waals surface area (Å²) in [6.07, 6.45) is 1.80. The van der Waals surface area contributed by atoms with Crippen LogP contribution in [0.3, 0.4) is 0 Å². The first-order chi connectivity index (χ1) is 15.2. The van der Waals surface area contributed by atoms with Gasteiger partial charge >= 0.3 is 0 Å². The van der Waals surface area contributed by atoms with Gasteiger partial charge in [0.1, 0.15) is 0 Å². The summed E-state index contributed by atoms with van der Waals surface area (Å²) < 4.78 is 7.53. The van der Waals surface area contributed by atoms with Crippen molar-refractivity contribution >= 4 is 34.4 Å². The number of carbonyl (C=O) groups is 1. The molecule has 7 nitrogen and oxygen atoms in total. The molecule has 1 fully saturated rings. The van der Waals surface area contributed by atoms with Gasteiger partial charge in [-0.3, -0.25) is 9.36 Å². The lowest BCUT2D eigenvalue weighted by Gasteiger charge is -2.28. The molecule has 3 heterocycles. The van der Waals surface area contributed by atoms with E-state index in [1.807, 2.05) is 66.1 Å². The number of fused-ring (bicyclic) bond motifs is 1. The van der Waals surface area contributed by atoms with Crippen LogP contribution in [0.5, 0.6) is 0 Å². The van der Waals surface area contributed by atoms with Gasteiger partial charge in [0.2, 0.25) is 5.95 Å². The van der Waals surface area contributed by atoms with Gasteiger partial charge in [0, 0.05) is 35.8 Å². The first-order valence-corrected chi connectivity index (χ1v) is 11.2. The predicted molar refractivity (Wildman–Crippen MR) is 122 cm³/mol. The molecule has 1 unspecified atom stereocenters. The lowest BCUT2D eigenvalue weighted by Crippen LogP contribution is -2.37. The molecule has 158 valence electrons. The molecule has 1 N–H and O–H groups in total. The number of aromatic nitrogens is 4. The normalized spacial score (nSPS) is 15.3. The number of hydrogen-bond donors (Lipinski definition) is 1. The second kappa shape index (κ2) is 8.56. The van der Waals surface area contributed by atoms with E-state index in [1.165, 1.54) is 11.8 Å². The van der Waals surface area contributed by atoms with Gasteiger partial charge < -0.3 is 14.6 Å². The molecule has 5 rings (SSSR count). The van der Waals surface area contributed by atoms with Crippen LogP contribution in [0.2, 0.25) is 0 Å². The predicted octanol–water partition coefficient (Wildman–Crippen LogP) is 3.95. The zero-order chi connectivity index (χ0) is 21.2. The minimum Gasteiger partial charge on any atom is -0.378 e. The number of H-pyrrole nitrogens is 1. The Kier molecular flexibility index (Phi) is 5.48. The number of aromatic amines is 1. The molecular weight excluding hydrogens is 410 g/mol. The Balaban J connectivity index is 1.47. The van der Waals surface area contributed by atoms with Gasteiger partial charge in [0.05, 0.1) is 24.2 Å². The first-order valence-electron chi connectivity index (χ1n) is 10.3. The summed E-state index contributed by atoms with van der Waals surface area (Å²) in [6.45, 7) is 4.78. The van der Waals surface area contributed by atoms with Crippen molar-refractivity contribution in [1.82, 2.24) is 19.7 Å². The zero-order valence-corrected chi connectivity index (χ0v) is 18.0. The van der Waals surface area contributed by atoms with Crippen molar-refractivity contribution in [2.75, 3.05) is 31.2 Å². The zero-order valence-electron chi connectivity index (χ0n) is 17.2. The maximum Gasteiger partial charge on any atom is 0.232 e. The van der Waals surface area contributed by atoms with E-state index < -0.39 is 0 Å². The Hall–Kier alpha value is -3.10. The van der Waals surface area contributed by atoms with Crippen LogP contribution in [-0.4, -0.2) is 57.1 Å². The van der Waals surface area contributed by atoms with Crippen LogP contribution in [0.15, 0.2) is 66.0 Å². The molecule has 0 amide bonds. The largest absolute Gasteiger partial charge is 0.378 e. The molecule has 0 aliphatic carbocycles. The summed E-state index contributed by atoms with van der Waals surface area (Å²) in [6, 6.07) is 17.9. The fourth-order valence-electron chi connectivity index (χ4n) is 3.82. The minimum absolute atomic E-state index is 0.0676. The van der Waals surface area contributed by atoms with E-state index in [1.54, 1.807) is 6.20 Å². The molecule has 4 aromatic rings. The molecule has 0 saturated carbocycles. The van der Waals surface area contributed by atoms with Crippen LogP contribution in [-0.2, 0) is 4.74 Å². The molecule has 8 heteroatoms. The van der Waals surface area contributed by atoms with E-state index in [9.17, 15) is 4.79 Å². The number of rotatable bonds is 6. The number of Topliss-reactive ketones (excluding diaryl/α,β-unsaturated/α-hetero) is 1. The van der Waals surface area contributed by atoms with E-state index in [0.29, 0.717) is 23.9 Å². The SMILES string of the molecule is CC(Sc1nnc(N2CCOCC2)n1-c1ccccc1)C(=O)c1c[nH]c2ccccc12. The highest BCUT2D eigenvalue weighted by Gasteiger charge is 2.26.